The van der Waals surface area contributed by atoms with E-state index in [0.29, 0.717) is 29.9 Å². The molecule has 0 saturated carbocycles. The number of nitrogens with zero attached hydrogens (tertiary/aromatic N) is 1. The minimum Gasteiger partial charge on any atom is -0.312 e. The molecule has 7 heteroatoms. The Kier molecular flexibility index (Phi) is 4.28. The van der Waals surface area contributed by atoms with Crippen molar-refractivity contribution < 1.29 is 17.6 Å². The van der Waals surface area contributed by atoms with E-state index in [1.807, 2.05) is 0 Å². The average Bonchev–Trinajstić information content (AvgIpc) is 2.97. The largest absolute Gasteiger partial charge is 0.312 e. The minimum atomic E-state index is -3.77. The first-order chi connectivity index (χ1) is 11.4. The highest BCUT2D eigenvalue weighted by atomic mass is 32.2. The molecule has 5 nitrogen and oxygen atoms in total. The summed E-state index contributed by atoms with van der Waals surface area (Å²) in [7, 11) is -3.77. The van der Waals surface area contributed by atoms with Gasteiger partial charge in [0.25, 0.3) is 10.0 Å². The fourth-order valence-corrected chi connectivity index (χ4v) is 3.70. The Hall–Kier alpha value is -2.41. The molecule has 1 heterocycles. The molecule has 0 atom stereocenters. The van der Waals surface area contributed by atoms with Crippen LogP contribution in [0, 0.1) is 12.7 Å². The number of benzene rings is 2. The zero-order valence-electron chi connectivity index (χ0n) is 13.1. The Labute approximate surface area is 140 Å². The fourth-order valence-electron chi connectivity index (χ4n) is 2.65. The van der Waals surface area contributed by atoms with Gasteiger partial charge in [-0.15, -0.1) is 0 Å². The van der Waals surface area contributed by atoms with Crippen LogP contribution in [0.25, 0.3) is 0 Å². The molecule has 2 aromatic rings. The van der Waals surface area contributed by atoms with Crippen molar-refractivity contribution in [1.82, 2.24) is 0 Å². The van der Waals surface area contributed by atoms with Gasteiger partial charge in [0.05, 0.1) is 4.90 Å². The van der Waals surface area contributed by atoms with Gasteiger partial charge in [0.2, 0.25) is 5.91 Å². The lowest BCUT2D eigenvalue weighted by Crippen LogP contribution is -2.23. The lowest BCUT2D eigenvalue weighted by molar-refractivity contribution is -0.117. The highest BCUT2D eigenvalue weighted by Crippen LogP contribution is 2.24. The summed E-state index contributed by atoms with van der Waals surface area (Å²) in [6, 6.07) is 10.2. The number of carbonyl (C=O) groups excluding carboxylic acids is 1. The number of anilines is 2. The Balaban J connectivity index is 1.81. The van der Waals surface area contributed by atoms with Crippen LogP contribution in [-0.2, 0) is 14.8 Å². The number of sulfonamides is 1. The predicted molar refractivity (Wildman–Crippen MR) is 90.0 cm³/mol. The molecule has 0 unspecified atom stereocenters. The number of rotatable bonds is 4. The Morgan fingerprint density at radius 3 is 2.42 bits per heavy atom. The van der Waals surface area contributed by atoms with Gasteiger partial charge in [-0.3, -0.25) is 9.52 Å². The molecule has 0 bridgehead atoms. The lowest BCUT2D eigenvalue weighted by atomic mass is 10.2. The monoisotopic (exact) mass is 348 g/mol. The number of hydrogen-bond donors (Lipinski definition) is 1. The molecule has 1 aliphatic rings. The first kappa shape index (κ1) is 16.4. The lowest BCUT2D eigenvalue weighted by Gasteiger charge is -2.16. The maximum absolute atomic E-state index is 13.3. The molecule has 126 valence electrons. The van der Waals surface area contributed by atoms with E-state index in [2.05, 4.69) is 4.72 Å². The number of halogens is 1. The molecule has 0 aliphatic carbocycles. The number of nitrogens with one attached hydrogen (secondary N) is 1. The van der Waals surface area contributed by atoms with E-state index in [1.54, 1.807) is 24.0 Å². The number of amides is 1. The third-order valence-electron chi connectivity index (χ3n) is 3.94. The molecular formula is C17H17FN2O3S. The Morgan fingerprint density at radius 2 is 1.83 bits per heavy atom. The van der Waals surface area contributed by atoms with Gasteiger partial charge in [0.1, 0.15) is 5.82 Å². The van der Waals surface area contributed by atoms with Crippen molar-refractivity contribution in [3.63, 3.8) is 0 Å². The van der Waals surface area contributed by atoms with E-state index >= 15 is 0 Å². The van der Waals surface area contributed by atoms with Crippen molar-refractivity contribution in [1.29, 1.82) is 0 Å². The number of hydrogen-bond acceptors (Lipinski definition) is 3. The average molecular weight is 348 g/mol. The first-order valence-electron chi connectivity index (χ1n) is 7.56. The van der Waals surface area contributed by atoms with Gasteiger partial charge in [0.15, 0.2) is 0 Å². The van der Waals surface area contributed by atoms with Crippen LogP contribution in [0.5, 0.6) is 0 Å². The van der Waals surface area contributed by atoms with E-state index < -0.39 is 15.8 Å². The summed E-state index contributed by atoms with van der Waals surface area (Å²) in [5, 5.41) is 0. The summed E-state index contributed by atoms with van der Waals surface area (Å²) in [6.07, 6.45) is 1.33. The van der Waals surface area contributed by atoms with Crippen molar-refractivity contribution in [3.05, 3.63) is 53.8 Å². The van der Waals surface area contributed by atoms with Gasteiger partial charge in [-0.1, -0.05) is 0 Å². The second-order valence-corrected chi connectivity index (χ2v) is 7.39. The standard InChI is InChI=1S/C17H17FN2O3S/c1-12-11-13(4-9-16(12)18)19-24(22,23)15-7-5-14(6-8-15)20-10-2-3-17(20)21/h4-9,11,19H,2-3,10H2,1H3. The van der Waals surface area contributed by atoms with E-state index in [4.69, 9.17) is 0 Å². The van der Waals surface area contributed by atoms with Crippen LogP contribution in [0.3, 0.4) is 0 Å². The molecule has 2 aromatic carbocycles. The molecule has 0 radical (unpaired) electrons. The van der Waals surface area contributed by atoms with Crippen LogP contribution < -0.4 is 9.62 Å². The normalized spacial score (nSPS) is 14.9. The maximum Gasteiger partial charge on any atom is 0.261 e. The zero-order valence-corrected chi connectivity index (χ0v) is 13.9. The number of carbonyl (C=O) groups is 1. The van der Waals surface area contributed by atoms with E-state index in [0.717, 1.165) is 6.42 Å². The predicted octanol–water partition coefficient (Wildman–Crippen LogP) is 3.06. The summed E-state index contributed by atoms with van der Waals surface area (Å²) in [5.41, 5.74) is 1.35. The van der Waals surface area contributed by atoms with Gasteiger partial charge < -0.3 is 4.90 Å². The highest BCUT2D eigenvalue weighted by Gasteiger charge is 2.22. The van der Waals surface area contributed by atoms with Gasteiger partial charge >= 0.3 is 0 Å². The molecule has 1 aliphatic heterocycles. The molecule has 24 heavy (non-hydrogen) atoms. The minimum absolute atomic E-state index is 0.0468. The summed E-state index contributed by atoms with van der Waals surface area (Å²) >= 11 is 0. The summed E-state index contributed by atoms with van der Waals surface area (Å²) in [5.74, 6) is -0.344. The van der Waals surface area contributed by atoms with Crippen molar-refractivity contribution in [3.8, 4) is 0 Å². The van der Waals surface area contributed by atoms with E-state index in [1.165, 1.54) is 30.3 Å². The smallest absolute Gasteiger partial charge is 0.261 e. The SMILES string of the molecule is Cc1cc(NS(=O)(=O)c2ccc(N3CCCC3=O)cc2)ccc1F. The molecule has 0 spiro atoms. The zero-order chi connectivity index (χ0) is 17.3. The van der Waals surface area contributed by atoms with Crippen molar-refractivity contribution in [2.45, 2.75) is 24.7 Å². The first-order valence-corrected chi connectivity index (χ1v) is 9.04. The maximum atomic E-state index is 13.3. The highest BCUT2D eigenvalue weighted by molar-refractivity contribution is 7.92. The van der Waals surface area contributed by atoms with Gasteiger partial charge in [0, 0.05) is 24.3 Å². The van der Waals surface area contributed by atoms with Gasteiger partial charge in [-0.25, -0.2) is 12.8 Å². The molecule has 1 fully saturated rings. The van der Waals surface area contributed by atoms with Crippen LogP contribution in [0.2, 0.25) is 0 Å². The second-order valence-electron chi connectivity index (χ2n) is 5.71. The Morgan fingerprint density at radius 1 is 1.12 bits per heavy atom. The summed E-state index contributed by atoms with van der Waals surface area (Å²) < 4.78 is 40.5. The molecule has 3 rings (SSSR count). The van der Waals surface area contributed by atoms with Crippen LogP contribution in [0.15, 0.2) is 47.4 Å². The number of aryl methyl sites for hydroxylation is 1. The van der Waals surface area contributed by atoms with Crippen molar-refractivity contribution in [2.75, 3.05) is 16.2 Å². The van der Waals surface area contributed by atoms with Gasteiger partial charge in [-0.05, 0) is 61.4 Å². The van der Waals surface area contributed by atoms with Crippen molar-refractivity contribution in [2.24, 2.45) is 0 Å². The van der Waals surface area contributed by atoms with Crippen LogP contribution >= 0.6 is 0 Å². The van der Waals surface area contributed by atoms with E-state index in [-0.39, 0.29) is 10.8 Å². The van der Waals surface area contributed by atoms with Crippen LogP contribution in [0.4, 0.5) is 15.8 Å². The third-order valence-corrected chi connectivity index (χ3v) is 5.34. The fraction of sp³-hybridized carbons (Fsp3) is 0.235. The topological polar surface area (TPSA) is 66.5 Å². The third kappa shape index (κ3) is 3.26. The molecular weight excluding hydrogens is 331 g/mol. The summed E-state index contributed by atoms with van der Waals surface area (Å²) in [6.45, 7) is 2.22. The molecule has 1 saturated heterocycles. The van der Waals surface area contributed by atoms with Crippen LogP contribution in [0.1, 0.15) is 18.4 Å². The molecule has 1 N–H and O–H groups in total. The summed E-state index contributed by atoms with van der Waals surface area (Å²) in [4.78, 5) is 13.5. The van der Waals surface area contributed by atoms with Gasteiger partial charge in [-0.2, -0.15) is 0 Å². The Bertz CT molecular complexity index is 879. The van der Waals surface area contributed by atoms with Crippen LogP contribution in [-0.4, -0.2) is 20.9 Å². The van der Waals surface area contributed by atoms with Crippen molar-refractivity contribution >= 4 is 27.3 Å². The molecule has 0 aromatic heterocycles. The molecule has 1 amide bonds. The quantitative estimate of drug-likeness (QED) is 0.923. The van der Waals surface area contributed by atoms with E-state index in [9.17, 15) is 17.6 Å². The second kappa shape index (κ2) is 6.24.